The van der Waals surface area contributed by atoms with Crippen LogP contribution in [0, 0.1) is 0 Å². The molecule has 0 aromatic carbocycles. The van der Waals surface area contributed by atoms with Gasteiger partial charge in [0.25, 0.3) is 0 Å². The van der Waals surface area contributed by atoms with Crippen LogP contribution in [0.15, 0.2) is 0 Å². The number of hydrogen-bond donors (Lipinski definition) is 2. The molecule has 54 valence electrons. The van der Waals surface area contributed by atoms with Crippen LogP contribution in [0.25, 0.3) is 0 Å². The van der Waals surface area contributed by atoms with Crippen LogP contribution in [0.2, 0.25) is 0 Å². The number of quaternary nitrogens is 1. The van der Waals surface area contributed by atoms with Gasteiger partial charge in [0.05, 0.1) is 19.6 Å². The topological polar surface area (TPSA) is 16.5 Å². The molecule has 1 aliphatic rings. The van der Waals surface area contributed by atoms with Gasteiger partial charge in [0, 0.05) is 19.5 Å². The van der Waals surface area contributed by atoms with E-state index in [0.717, 1.165) is 0 Å². The smallest absolute Gasteiger partial charge is 0.0897 e. The third-order valence-corrected chi connectivity index (χ3v) is 2.04. The van der Waals surface area contributed by atoms with Gasteiger partial charge in [0.2, 0.25) is 0 Å². The van der Waals surface area contributed by atoms with Crippen LogP contribution in [0.1, 0.15) is 13.3 Å². The molecule has 1 rings (SSSR count). The van der Waals surface area contributed by atoms with E-state index < -0.39 is 0 Å². The van der Waals surface area contributed by atoms with Gasteiger partial charge in [-0.1, -0.05) is 0 Å². The number of likely N-dealkylation sites (N-methyl/N-ethyl adjacent to an activating group) is 1. The van der Waals surface area contributed by atoms with Gasteiger partial charge in [0.15, 0.2) is 0 Å². The minimum Gasteiger partial charge on any atom is -0.334 e. The lowest BCUT2D eigenvalue weighted by atomic mass is 10.4. The number of hydrogen-bond acceptors (Lipinski definition) is 1. The predicted molar refractivity (Wildman–Crippen MR) is 38.7 cm³/mol. The molecule has 9 heavy (non-hydrogen) atoms. The summed E-state index contributed by atoms with van der Waals surface area (Å²) in [6.07, 6.45) is 1.35. The zero-order chi connectivity index (χ0) is 6.53. The molecule has 0 aromatic rings. The fourth-order valence-electron chi connectivity index (χ4n) is 1.33. The van der Waals surface area contributed by atoms with Gasteiger partial charge in [0.1, 0.15) is 0 Å². The van der Waals surface area contributed by atoms with Crippen molar-refractivity contribution in [2.24, 2.45) is 0 Å². The van der Waals surface area contributed by atoms with E-state index in [1.165, 1.54) is 39.1 Å². The molecular weight excluding hydrogens is 112 g/mol. The lowest BCUT2D eigenvalue weighted by Gasteiger charge is -2.12. The van der Waals surface area contributed by atoms with Crippen LogP contribution in [0.4, 0.5) is 0 Å². The van der Waals surface area contributed by atoms with Crippen LogP contribution in [-0.2, 0) is 0 Å². The van der Waals surface area contributed by atoms with Gasteiger partial charge in [-0.25, -0.2) is 0 Å². The van der Waals surface area contributed by atoms with Crippen molar-refractivity contribution in [2.45, 2.75) is 13.3 Å². The summed E-state index contributed by atoms with van der Waals surface area (Å²) < 4.78 is 0. The molecule has 0 aliphatic carbocycles. The largest absolute Gasteiger partial charge is 0.334 e. The highest BCUT2D eigenvalue weighted by Crippen LogP contribution is 1.72. The lowest BCUT2D eigenvalue weighted by Crippen LogP contribution is -3.12. The predicted octanol–water partition coefficient (Wildman–Crippen LogP) is -1.12. The number of rotatable bonds is 1. The monoisotopic (exact) mass is 129 g/mol. The van der Waals surface area contributed by atoms with E-state index in [1.807, 2.05) is 0 Å². The molecule has 0 amide bonds. The van der Waals surface area contributed by atoms with Crippen molar-refractivity contribution in [1.82, 2.24) is 5.32 Å². The molecule has 0 aromatic heterocycles. The van der Waals surface area contributed by atoms with Crippen molar-refractivity contribution < 1.29 is 4.90 Å². The Labute approximate surface area is 57.2 Å². The first-order valence-corrected chi connectivity index (χ1v) is 3.97. The average Bonchev–Trinajstić information content (AvgIpc) is 2.13. The molecule has 1 unspecified atom stereocenters. The molecule has 1 atom stereocenters. The van der Waals surface area contributed by atoms with Gasteiger partial charge >= 0.3 is 0 Å². The highest BCUT2D eigenvalue weighted by molar-refractivity contribution is 4.49. The quantitative estimate of drug-likeness (QED) is 0.459. The zero-order valence-electron chi connectivity index (χ0n) is 6.24. The highest BCUT2D eigenvalue weighted by atomic mass is 15.1. The van der Waals surface area contributed by atoms with Crippen molar-refractivity contribution in [3.8, 4) is 0 Å². The van der Waals surface area contributed by atoms with Gasteiger partial charge < -0.3 is 10.2 Å². The number of nitrogens with one attached hydrogen (secondary N) is 2. The van der Waals surface area contributed by atoms with Crippen LogP contribution >= 0.6 is 0 Å². The summed E-state index contributed by atoms with van der Waals surface area (Å²) in [5, 5.41) is 3.39. The molecular formula is C7H17N2+. The van der Waals surface area contributed by atoms with Crippen molar-refractivity contribution >= 4 is 0 Å². The molecule has 1 aliphatic heterocycles. The van der Waals surface area contributed by atoms with E-state index >= 15 is 0 Å². The summed E-state index contributed by atoms with van der Waals surface area (Å²) in [5.74, 6) is 0. The summed E-state index contributed by atoms with van der Waals surface area (Å²) in [6, 6.07) is 0. The summed E-state index contributed by atoms with van der Waals surface area (Å²) in [7, 11) is 0. The maximum atomic E-state index is 3.39. The molecule has 1 fully saturated rings. The second-order valence-corrected chi connectivity index (χ2v) is 2.71. The maximum Gasteiger partial charge on any atom is 0.0897 e. The molecule has 2 heteroatoms. The van der Waals surface area contributed by atoms with E-state index in [1.54, 1.807) is 4.90 Å². The van der Waals surface area contributed by atoms with Crippen LogP contribution in [-0.4, -0.2) is 32.7 Å². The minimum absolute atomic E-state index is 1.21. The standard InChI is InChI=1S/C7H16N2/c1-2-9-6-3-4-8-5-7-9/h8H,2-7H2,1H3/p+1. The third kappa shape index (κ3) is 2.33. The van der Waals surface area contributed by atoms with Crippen molar-refractivity contribution in [3.63, 3.8) is 0 Å². The molecule has 0 saturated carbocycles. The SMILES string of the molecule is CC[NH+]1CCCNCC1. The Morgan fingerprint density at radius 3 is 3.00 bits per heavy atom. The van der Waals surface area contributed by atoms with Crippen molar-refractivity contribution in [3.05, 3.63) is 0 Å². The average molecular weight is 129 g/mol. The Kier molecular flexibility index (Phi) is 3.01. The first kappa shape index (κ1) is 7.03. The van der Waals surface area contributed by atoms with Gasteiger partial charge in [-0.2, -0.15) is 0 Å². The van der Waals surface area contributed by atoms with Crippen LogP contribution in [0.5, 0.6) is 0 Å². The zero-order valence-corrected chi connectivity index (χ0v) is 6.24. The summed E-state index contributed by atoms with van der Waals surface area (Å²) in [5.41, 5.74) is 0. The molecule has 0 bridgehead atoms. The van der Waals surface area contributed by atoms with E-state index in [4.69, 9.17) is 0 Å². The molecule has 0 spiro atoms. The second kappa shape index (κ2) is 3.85. The maximum absolute atomic E-state index is 3.39. The molecule has 1 saturated heterocycles. The normalized spacial score (nSPS) is 29.7. The van der Waals surface area contributed by atoms with E-state index in [2.05, 4.69) is 12.2 Å². The van der Waals surface area contributed by atoms with Gasteiger partial charge in [-0.15, -0.1) is 0 Å². The van der Waals surface area contributed by atoms with E-state index in [-0.39, 0.29) is 0 Å². The Balaban J connectivity index is 2.18. The highest BCUT2D eigenvalue weighted by Gasteiger charge is 2.07. The summed E-state index contributed by atoms with van der Waals surface area (Å²) in [4.78, 5) is 1.75. The Morgan fingerprint density at radius 2 is 2.22 bits per heavy atom. The molecule has 0 radical (unpaired) electrons. The summed E-state index contributed by atoms with van der Waals surface area (Å²) in [6.45, 7) is 8.68. The minimum atomic E-state index is 1.21. The van der Waals surface area contributed by atoms with Crippen molar-refractivity contribution in [2.75, 3.05) is 32.7 Å². The molecule has 2 nitrogen and oxygen atoms in total. The van der Waals surface area contributed by atoms with Crippen molar-refractivity contribution in [1.29, 1.82) is 0 Å². The van der Waals surface area contributed by atoms with Crippen LogP contribution in [0.3, 0.4) is 0 Å². The van der Waals surface area contributed by atoms with Gasteiger partial charge in [-0.3, -0.25) is 0 Å². The Morgan fingerprint density at radius 1 is 1.33 bits per heavy atom. The molecule has 1 heterocycles. The first-order valence-electron chi connectivity index (χ1n) is 3.97. The van der Waals surface area contributed by atoms with E-state index in [0.29, 0.717) is 0 Å². The van der Waals surface area contributed by atoms with Crippen LogP contribution < -0.4 is 10.2 Å². The lowest BCUT2D eigenvalue weighted by molar-refractivity contribution is -0.895. The Hall–Kier alpha value is -0.0800. The fourth-order valence-corrected chi connectivity index (χ4v) is 1.33. The Bertz CT molecular complexity index is 65.3. The second-order valence-electron chi connectivity index (χ2n) is 2.71. The first-order chi connectivity index (χ1) is 4.43. The van der Waals surface area contributed by atoms with Gasteiger partial charge in [-0.05, 0) is 6.92 Å². The van der Waals surface area contributed by atoms with E-state index in [9.17, 15) is 0 Å². The molecule has 2 N–H and O–H groups in total. The fraction of sp³-hybridized carbons (Fsp3) is 1.00. The summed E-state index contributed by atoms with van der Waals surface area (Å²) >= 11 is 0. The third-order valence-electron chi connectivity index (χ3n) is 2.04.